The molecule has 9 rings (SSSR count). The first kappa shape index (κ1) is 39.8. The Morgan fingerprint density at radius 3 is 1.24 bits per heavy atom. The maximum absolute atomic E-state index is 15.0. The van der Waals surface area contributed by atoms with Crippen LogP contribution in [0.5, 0.6) is 0 Å². The number of allylic oxidation sites excluding steroid dienone is 4. The molecule has 63 heavy (non-hydrogen) atoms. The van der Waals surface area contributed by atoms with Gasteiger partial charge in [-0.05, 0) is 34.4 Å². The zero-order valence-electron chi connectivity index (χ0n) is 32.4. The minimum absolute atomic E-state index is 0.0556. The van der Waals surface area contributed by atoms with E-state index in [4.69, 9.17) is 19.5 Å². The van der Waals surface area contributed by atoms with Crippen molar-refractivity contribution in [1.82, 2.24) is 0 Å². The Morgan fingerprint density at radius 1 is 0.524 bits per heavy atom. The van der Waals surface area contributed by atoms with Gasteiger partial charge < -0.3 is 9.47 Å². The van der Waals surface area contributed by atoms with Gasteiger partial charge in [-0.2, -0.15) is 21.0 Å². The Morgan fingerprint density at radius 2 is 0.873 bits per heavy atom. The summed E-state index contributed by atoms with van der Waals surface area (Å²) in [6, 6.07) is 41.3. The molecular formula is C49H24N6O6S2. The van der Waals surface area contributed by atoms with Crippen molar-refractivity contribution in [2.75, 3.05) is 0 Å². The lowest BCUT2D eigenvalue weighted by molar-refractivity contribution is -0.164. The number of Topliss-reactive ketones (excluding diaryl/α,β-unsaturated/α-hetero) is 2. The van der Waals surface area contributed by atoms with E-state index in [0.29, 0.717) is 32.0 Å². The molecule has 0 unspecified atom stereocenters. The van der Waals surface area contributed by atoms with Crippen LogP contribution in [0.3, 0.4) is 0 Å². The molecule has 0 fully saturated rings. The molecule has 298 valence electrons. The quantitative estimate of drug-likeness (QED) is 0.0806. The third kappa shape index (κ3) is 6.48. The van der Waals surface area contributed by atoms with Gasteiger partial charge >= 0.3 is 11.9 Å². The van der Waals surface area contributed by atoms with Crippen LogP contribution in [0.4, 0.5) is 10.0 Å². The molecule has 0 spiro atoms. The lowest BCUT2D eigenvalue weighted by Gasteiger charge is -2.26. The zero-order chi connectivity index (χ0) is 43.8. The maximum Gasteiger partial charge on any atom is 0.333 e. The van der Waals surface area contributed by atoms with Crippen LogP contribution in [0.2, 0.25) is 0 Å². The molecule has 2 heterocycles. The molecule has 6 aromatic rings. The molecule has 2 aromatic heterocycles. The largest absolute Gasteiger partial charge is 0.459 e. The Labute approximate surface area is 366 Å². The fourth-order valence-corrected chi connectivity index (χ4v) is 10.2. The fraction of sp³-hybridized carbons (Fsp3) is 0.0612. The zero-order valence-corrected chi connectivity index (χ0v) is 34.0. The van der Waals surface area contributed by atoms with Crippen molar-refractivity contribution in [3.05, 3.63) is 177 Å². The Kier molecular flexibility index (Phi) is 10.2. The molecule has 0 radical (unpaired) electrons. The van der Waals surface area contributed by atoms with Crippen molar-refractivity contribution in [3.8, 4) is 34.0 Å². The summed E-state index contributed by atoms with van der Waals surface area (Å²) < 4.78 is 12.0. The van der Waals surface area contributed by atoms with Gasteiger partial charge in [-0.1, -0.05) is 109 Å². The number of hydrogen-bond acceptors (Lipinski definition) is 14. The summed E-state index contributed by atoms with van der Waals surface area (Å²) in [6.45, 7) is -0.427. The second kappa shape index (κ2) is 16.1. The monoisotopic (exact) mass is 856 g/mol. The molecule has 0 aliphatic heterocycles. The number of ketones is 2. The van der Waals surface area contributed by atoms with Gasteiger partial charge in [0, 0.05) is 33.4 Å². The molecule has 4 aromatic carbocycles. The number of nitrogens with zero attached hydrogens (tertiary/aromatic N) is 6. The van der Waals surface area contributed by atoms with Crippen molar-refractivity contribution < 1.29 is 28.7 Å². The Bertz CT molecular complexity index is 3060. The first-order valence-electron chi connectivity index (χ1n) is 19.0. The molecule has 0 bridgehead atoms. The fourth-order valence-electron chi connectivity index (χ4n) is 7.84. The SMILES string of the molecule is N#CC(C#N)=C1/C(=N/c2cc3c(s2)-c2sc(/N=C4\C(=O)c5ccccc5C4=C(C#N)C#N)cc2C3(C(=O)OCc2ccccc2)C(=O)OCc2ccccc2)C(=O)c2ccccc21. The number of benzene rings is 4. The third-order valence-corrected chi connectivity index (χ3v) is 12.9. The summed E-state index contributed by atoms with van der Waals surface area (Å²) >= 11 is 2.08. The van der Waals surface area contributed by atoms with E-state index in [2.05, 4.69) is 0 Å². The van der Waals surface area contributed by atoms with Crippen molar-refractivity contribution >= 4 is 78.8 Å². The average molecular weight is 857 g/mol. The molecular weight excluding hydrogens is 833 g/mol. The molecule has 14 heteroatoms. The van der Waals surface area contributed by atoms with Crippen LogP contribution in [0, 0.1) is 45.3 Å². The van der Waals surface area contributed by atoms with E-state index in [1.54, 1.807) is 109 Å². The predicted molar refractivity (Wildman–Crippen MR) is 233 cm³/mol. The normalized spacial score (nSPS) is 15.0. The van der Waals surface area contributed by atoms with Gasteiger partial charge in [0.1, 0.15) is 70.1 Å². The number of thiophene rings is 2. The summed E-state index contributed by atoms with van der Waals surface area (Å²) in [6.07, 6.45) is 0. The van der Waals surface area contributed by atoms with Crippen LogP contribution in [0.15, 0.2) is 142 Å². The number of aliphatic imine (C=N–C) groups is 2. The van der Waals surface area contributed by atoms with Gasteiger partial charge in [0.25, 0.3) is 0 Å². The third-order valence-electron chi connectivity index (χ3n) is 10.7. The summed E-state index contributed by atoms with van der Waals surface area (Å²) in [5, 5.41) is 40.0. The average Bonchev–Trinajstić information content (AvgIpc) is 4.11. The predicted octanol–water partition coefficient (Wildman–Crippen LogP) is 9.10. The van der Waals surface area contributed by atoms with E-state index in [9.17, 15) is 30.6 Å². The highest BCUT2D eigenvalue weighted by molar-refractivity contribution is 7.26. The number of hydrogen-bond donors (Lipinski definition) is 0. The molecule has 3 aliphatic carbocycles. The topological polar surface area (TPSA) is 207 Å². The highest BCUT2D eigenvalue weighted by Gasteiger charge is 2.60. The molecule has 0 atom stereocenters. The van der Waals surface area contributed by atoms with E-state index in [0.717, 1.165) is 22.7 Å². The number of esters is 2. The molecule has 0 saturated heterocycles. The van der Waals surface area contributed by atoms with Crippen LogP contribution in [0.25, 0.3) is 20.9 Å². The number of carbonyl (C=O) groups is 4. The lowest BCUT2D eigenvalue weighted by Crippen LogP contribution is -2.45. The van der Waals surface area contributed by atoms with Crippen molar-refractivity contribution in [3.63, 3.8) is 0 Å². The summed E-state index contributed by atoms with van der Waals surface area (Å²) in [4.78, 5) is 68.0. The molecule has 3 aliphatic rings. The van der Waals surface area contributed by atoms with Crippen LogP contribution in [-0.4, -0.2) is 34.9 Å². The first-order valence-corrected chi connectivity index (χ1v) is 20.6. The molecule has 0 saturated carbocycles. The summed E-state index contributed by atoms with van der Waals surface area (Å²) in [5.74, 6) is -3.02. The standard InChI is InChI=1S/C49H24N6O6S2/c50-21-29(22-51)39-31-15-7-9-17-33(31)43(56)41(39)54-37-19-35-45(62-37)46-36(20-38(63-46)55-42-40(30(23-52)24-53)32-16-8-10-18-34(32)44(42)57)49(35,47(58)60-25-27-11-3-1-4-12-27)48(59)61-26-28-13-5-2-6-14-28/h1-20H,25-26H2/b54-41-,55-42-. The summed E-state index contributed by atoms with van der Waals surface area (Å²) in [5.41, 5.74) is -0.351. The van der Waals surface area contributed by atoms with Gasteiger partial charge in [0.15, 0.2) is 0 Å². The van der Waals surface area contributed by atoms with Gasteiger partial charge in [-0.25, -0.2) is 9.98 Å². The maximum atomic E-state index is 15.0. The highest BCUT2D eigenvalue weighted by atomic mass is 32.1. The van der Waals surface area contributed by atoms with Crippen LogP contribution >= 0.6 is 22.7 Å². The molecule has 0 amide bonds. The smallest absolute Gasteiger partial charge is 0.333 e. The van der Waals surface area contributed by atoms with Gasteiger partial charge in [-0.3, -0.25) is 19.2 Å². The number of ether oxygens (including phenoxy) is 2. The number of carbonyl (C=O) groups excluding carboxylic acids is 4. The Hall–Kier alpha value is -8.66. The number of rotatable bonds is 8. The second-order valence-electron chi connectivity index (χ2n) is 14.1. The molecule has 12 nitrogen and oxygen atoms in total. The van der Waals surface area contributed by atoms with Crippen molar-refractivity contribution in [1.29, 1.82) is 21.0 Å². The summed E-state index contributed by atoms with van der Waals surface area (Å²) in [7, 11) is 0. The van der Waals surface area contributed by atoms with E-state index in [-0.39, 0.29) is 79.2 Å². The minimum atomic E-state index is -2.30. The van der Waals surface area contributed by atoms with Crippen LogP contribution in [0.1, 0.15) is 54.1 Å². The number of nitriles is 4. The van der Waals surface area contributed by atoms with E-state index in [1.165, 1.54) is 12.1 Å². The first-order chi connectivity index (χ1) is 30.7. The van der Waals surface area contributed by atoms with Crippen LogP contribution in [-0.2, 0) is 37.7 Å². The Balaban J connectivity index is 1.26. The molecule has 0 N–H and O–H groups in total. The highest BCUT2D eigenvalue weighted by Crippen LogP contribution is 2.60. The van der Waals surface area contributed by atoms with Crippen molar-refractivity contribution in [2.24, 2.45) is 9.98 Å². The van der Waals surface area contributed by atoms with Crippen LogP contribution < -0.4 is 0 Å². The van der Waals surface area contributed by atoms with Crippen molar-refractivity contribution in [2.45, 2.75) is 18.6 Å². The van der Waals surface area contributed by atoms with Gasteiger partial charge in [-0.15, -0.1) is 22.7 Å². The second-order valence-corrected chi connectivity index (χ2v) is 16.2. The van der Waals surface area contributed by atoms with Gasteiger partial charge in [0.05, 0.1) is 9.75 Å². The van der Waals surface area contributed by atoms with Gasteiger partial charge in [0.2, 0.25) is 17.0 Å². The van der Waals surface area contributed by atoms with E-state index < -0.39 is 28.9 Å². The lowest BCUT2D eigenvalue weighted by atomic mass is 9.79. The minimum Gasteiger partial charge on any atom is -0.459 e. The number of fused-ring (bicyclic) bond motifs is 5. The van der Waals surface area contributed by atoms with E-state index in [1.807, 2.05) is 24.3 Å². The van der Waals surface area contributed by atoms with E-state index >= 15 is 9.59 Å².